The van der Waals surface area contributed by atoms with Gasteiger partial charge in [0, 0.05) is 6.04 Å². The van der Waals surface area contributed by atoms with Crippen molar-refractivity contribution in [1.82, 2.24) is 0 Å². The minimum Gasteiger partial charge on any atom is -0.324 e. The van der Waals surface area contributed by atoms with E-state index >= 15 is 0 Å². The number of hydrogen-bond acceptors (Lipinski definition) is 1. The van der Waals surface area contributed by atoms with Crippen LogP contribution in [0.1, 0.15) is 29.7 Å². The molecule has 0 aromatic heterocycles. The Bertz CT molecular complexity index is 256. The average molecular weight is 186 g/mol. The van der Waals surface area contributed by atoms with Gasteiger partial charge in [0.05, 0.1) is 0 Å². The zero-order chi connectivity index (χ0) is 8.43. The minimum atomic E-state index is 0. The molecule has 1 atom stereocenters. The second-order valence-corrected chi connectivity index (χ2v) is 3.08. The maximum atomic E-state index is 5.78. The van der Waals surface area contributed by atoms with Crippen LogP contribution >= 0.6 is 12.4 Å². The molecule has 0 aliphatic rings. The van der Waals surface area contributed by atoms with Gasteiger partial charge >= 0.3 is 0 Å². The predicted molar refractivity (Wildman–Crippen MR) is 55.8 cm³/mol. The van der Waals surface area contributed by atoms with Crippen LogP contribution in [-0.4, -0.2) is 0 Å². The highest BCUT2D eigenvalue weighted by Gasteiger charge is 2.03. The first-order valence-electron chi connectivity index (χ1n) is 3.94. The number of benzene rings is 1. The summed E-state index contributed by atoms with van der Waals surface area (Å²) in [6.07, 6.45) is 0. The molecule has 0 aliphatic carbocycles. The summed E-state index contributed by atoms with van der Waals surface area (Å²) in [5.41, 5.74) is 9.68. The van der Waals surface area contributed by atoms with Crippen LogP contribution in [0.5, 0.6) is 0 Å². The Hall–Kier alpha value is -0.530. The molecule has 12 heavy (non-hydrogen) atoms. The van der Waals surface area contributed by atoms with Crippen LogP contribution in [0.4, 0.5) is 0 Å². The molecule has 2 N–H and O–H groups in total. The van der Waals surface area contributed by atoms with E-state index in [1.807, 2.05) is 6.92 Å². The van der Waals surface area contributed by atoms with Gasteiger partial charge in [0.25, 0.3) is 0 Å². The average Bonchev–Trinajstić information content (AvgIpc) is 1.94. The van der Waals surface area contributed by atoms with Gasteiger partial charge in [-0.1, -0.05) is 18.2 Å². The van der Waals surface area contributed by atoms with Crippen molar-refractivity contribution < 1.29 is 0 Å². The Morgan fingerprint density at radius 1 is 1.25 bits per heavy atom. The second kappa shape index (κ2) is 4.48. The molecular weight excluding hydrogens is 170 g/mol. The molecule has 0 bridgehead atoms. The highest BCUT2D eigenvalue weighted by molar-refractivity contribution is 5.85. The molecule has 1 aromatic carbocycles. The van der Waals surface area contributed by atoms with Crippen LogP contribution in [-0.2, 0) is 0 Å². The summed E-state index contributed by atoms with van der Waals surface area (Å²) in [6.45, 7) is 6.25. The van der Waals surface area contributed by atoms with Gasteiger partial charge in [-0.2, -0.15) is 0 Å². The summed E-state index contributed by atoms with van der Waals surface area (Å²) in [5, 5.41) is 0. The molecule has 1 rings (SSSR count). The molecule has 0 fully saturated rings. The molecule has 1 nitrogen and oxygen atoms in total. The van der Waals surface area contributed by atoms with Gasteiger partial charge in [0.1, 0.15) is 0 Å². The van der Waals surface area contributed by atoms with Gasteiger partial charge in [-0.15, -0.1) is 12.4 Å². The van der Waals surface area contributed by atoms with Crippen molar-refractivity contribution in [3.8, 4) is 0 Å². The first-order chi connectivity index (χ1) is 5.13. The van der Waals surface area contributed by atoms with E-state index in [0.717, 1.165) is 0 Å². The van der Waals surface area contributed by atoms with E-state index in [9.17, 15) is 0 Å². The normalized spacial score (nSPS) is 12.0. The lowest BCUT2D eigenvalue weighted by Gasteiger charge is -2.10. The summed E-state index contributed by atoms with van der Waals surface area (Å²) < 4.78 is 0. The summed E-state index contributed by atoms with van der Waals surface area (Å²) in [7, 11) is 0. The van der Waals surface area contributed by atoms with Crippen LogP contribution < -0.4 is 5.73 Å². The monoisotopic (exact) mass is 185 g/mol. The summed E-state index contributed by atoms with van der Waals surface area (Å²) in [5.74, 6) is 0. The quantitative estimate of drug-likeness (QED) is 0.716. The summed E-state index contributed by atoms with van der Waals surface area (Å²) in [6, 6.07) is 6.41. The van der Waals surface area contributed by atoms with E-state index in [4.69, 9.17) is 5.73 Å². The third-order valence-corrected chi connectivity index (χ3v) is 2.14. The predicted octanol–water partition coefficient (Wildman–Crippen LogP) is 2.74. The Morgan fingerprint density at radius 3 is 2.25 bits per heavy atom. The van der Waals surface area contributed by atoms with Crippen LogP contribution in [0.25, 0.3) is 0 Å². The molecule has 0 heterocycles. The smallest absolute Gasteiger partial charge is 0.0268 e. The largest absolute Gasteiger partial charge is 0.324 e. The highest BCUT2D eigenvalue weighted by atomic mass is 35.5. The topological polar surface area (TPSA) is 26.0 Å². The van der Waals surface area contributed by atoms with Gasteiger partial charge < -0.3 is 5.73 Å². The van der Waals surface area contributed by atoms with Gasteiger partial charge in [-0.25, -0.2) is 0 Å². The number of halogens is 1. The van der Waals surface area contributed by atoms with Crippen molar-refractivity contribution in [3.63, 3.8) is 0 Å². The molecule has 0 amide bonds. The highest BCUT2D eigenvalue weighted by Crippen LogP contribution is 2.17. The van der Waals surface area contributed by atoms with Crippen molar-refractivity contribution in [1.29, 1.82) is 0 Å². The second-order valence-electron chi connectivity index (χ2n) is 3.08. The molecule has 1 unspecified atom stereocenters. The lowest BCUT2D eigenvalue weighted by atomic mass is 9.99. The van der Waals surface area contributed by atoms with Crippen molar-refractivity contribution in [2.75, 3.05) is 0 Å². The van der Waals surface area contributed by atoms with E-state index in [2.05, 4.69) is 32.0 Å². The Morgan fingerprint density at radius 2 is 1.83 bits per heavy atom. The molecular formula is C10H16ClN. The maximum absolute atomic E-state index is 5.78. The summed E-state index contributed by atoms with van der Waals surface area (Å²) >= 11 is 0. The number of aryl methyl sites for hydroxylation is 1. The number of rotatable bonds is 1. The van der Waals surface area contributed by atoms with Crippen molar-refractivity contribution >= 4 is 12.4 Å². The Labute approximate surface area is 80.4 Å². The van der Waals surface area contributed by atoms with Crippen molar-refractivity contribution in [2.45, 2.75) is 26.8 Å². The molecule has 0 spiro atoms. The van der Waals surface area contributed by atoms with E-state index in [0.29, 0.717) is 0 Å². The zero-order valence-corrected chi connectivity index (χ0v) is 8.61. The molecule has 0 aliphatic heterocycles. The van der Waals surface area contributed by atoms with Gasteiger partial charge in [0.15, 0.2) is 0 Å². The fourth-order valence-corrected chi connectivity index (χ4v) is 1.27. The molecule has 0 radical (unpaired) electrons. The molecule has 1 aromatic rings. The van der Waals surface area contributed by atoms with E-state index in [1.165, 1.54) is 16.7 Å². The Kier molecular flexibility index (Phi) is 4.29. The van der Waals surface area contributed by atoms with Gasteiger partial charge in [-0.3, -0.25) is 0 Å². The molecule has 2 heteroatoms. The van der Waals surface area contributed by atoms with Crippen LogP contribution in [0.2, 0.25) is 0 Å². The first-order valence-corrected chi connectivity index (χ1v) is 3.94. The van der Waals surface area contributed by atoms with Crippen molar-refractivity contribution in [2.24, 2.45) is 5.73 Å². The third-order valence-electron chi connectivity index (χ3n) is 2.14. The standard InChI is InChI=1S/C10H15N.ClH/c1-7-5-4-6-10(8(7)2)9(3)11;/h4-6,9H,11H2,1-3H3;1H. The first kappa shape index (κ1) is 11.5. The fraction of sp³-hybridized carbons (Fsp3) is 0.400. The van der Waals surface area contributed by atoms with Gasteiger partial charge in [0.2, 0.25) is 0 Å². The lowest BCUT2D eigenvalue weighted by molar-refractivity contribution is 0.808. The minimum absolute atomic E-state index is 0. The zero-order valence-electron chi connectivity index (χ0n) is 7.79. The third kappa shape index (κ3) is 2.23. The summed E-state index contributed by atoms with van der Waals surface area (Å²) in [4.78, 5) is 0. The fourth-order valence-electron chi connectivity index (χ4n) is 1.27. The number of hydrogen-bond donors (Lipinski definition) is 1. The van der Waals surface area contributed by atoms with Gasteiger partial charge in [-0.05, 0) is 37.5 Å². The molecule has 0 saturated heterocycles. The Balaban J connectivity index is 0.00000121. The van der Waals surface area contributed by atoms with E-state index in [-0.39, 0.29) is 18.4 Å². The van der Waals surface area contributed by atoms with Crippen molar-refractivity contribution in [3.05, 3.63) is 34.9 Å². The number of nitrogens with two attached hydrogens (primary N) is 1. The molecule has 68 valence electrons. The van der Waals surface area contributed by atoms with Crippen LogP contribution in [0.3, 0.4) is 0 Å². The maximum Gasteiger partial charge on any atom is 0.0268 e. The van der Waals surface area contributed by atoms with E-state index < -0.39 is 0 Å². The van der Waals surface area contributed by atoms with E-state index in [1.54, 1.807) is 0 Å². The SMILES string of the molecule is Cc1cccc(C(C)N)c1C.Cl. The van der Waals surface area contributed by atoms with Crippen LogP contribution in [0.15, 0.2) is 18.2 Å². The molecule has 0 saturated carbocycles. The lowest BCUT2D eigenvalue weighted by Crippen LogP contribution is -2.07. The van der Waals surface area contributed by atoms with Crippen LogP contribution in [0, 0.1) is 13.8 Å².